The average molecular weight is 298 g/mol. The summed E-state index contributed by atoms with van der Waals surface area (Å²) >= 11 is 0. The Morgan fingerprint density at radius 3 is 2.62 bits per heavy atom. The quantitative estimate of drug-likeness (QED) is 0.824. The van der Waals surface area contributed by atoms with Gasteiger partial charge in [-0.15, -0.1) is 0 Å². The van der Waals surface area contributed by atoms with E-state index in [1.165, 1.54) is 4.90 Å². The van der Waals surface area contributed by atoms with E-state index in [9.17, 15) is 14.4 Å². The van der Waals surface area contributed by atoms with Crippen LogP contribution in [-0.2, 0) is 14.3 Å². The van der Waals surface area contributed by atoms with Crippen molar-refractivity contribution in [1.29, 1.82) is 0 Å². The summed E-state index contributed by atoms with van der Waals surface area (Å²) in [6.45, 7) is 5.89. The summed E-state index contributed by atoms with van der Waals surface area (Å²) < 4.78 is 5.40. The number of carboxylic acid groups (broad SMARTS) is 1. The third-order valence-electron chi connectivity index (χ3n) is 3.85. The van der Waals surface area contributed by atoms with Crippen LogP contribution in [0.25, 0.3) is 0 Å². The maximum atomic E-state index is 12.3. The molecular weight excluding hydrogens is 276 g/mol. The first-order chi connectivity index (χ1) is 9.63. The lowest BCUT2D eigenvalue weighted by Gasteiger charge is -2.35. The second-order valence-corrected chi connectivity index (χ2v) is 6.78. The Labute approximate surface area is 123 Å². The smallest absolute Gasteiger partial charge is 0.410 e. The second-order valence-electron chi connectivity index (χ2n) is 6.78. The largest absolute Gasteiger partial charge is 0.480 e. The molecule has 21 heavy (non-hydrogen) atoms. The van der Waals surface area contributed by atoms with Crippen LogP contribution in [0.5, 0.6) is 0 Å². The van der Waals surface area contributed by atoms with E-state index in [2.05, 4.69) is 0 Å². The van der Waals surface area contributed by atoms with Gasteiger partial charge in [-0.1, -0.05) is 0 Å². The molecule has 0 aromatic carbocycles. The van der Waals surface area contributed by atoms with Crippen molar-refractivity contribution in [2.45, 2.75) is 51.2 Å². The fraction of sp³-hybridized carbons (Fsp3) is 0.786. The normalized spacial score (nSPS) is 25.8. The highest BCUT2D eigenvalue weighted by Crippen LogP contribution is 2.39. The topological polar surface area (TPSA) is 87.2 Å². The van der Waals surface area contributed by atoms with Crippen LogP contribution in [0.3, 0.4) is 0 Å². The summed E-state index contributed by atoms with van der Waals surface area (Å²) in [5, 5.41) is 8.85. The summed E-state index contributed by atoms with van der Waals surface area (Å²) in [6.07, 6.45) is 1.26. The first-order valence-electron chi connectivity index (χ1n) is 7.13. The highest BCUT2D eigenvalue weighted by atomic mass is 16.6. The minimum Gasteiger partial charge on any atom is -0.480 e. The zero-order valence-corrected chi connectivity index (χ0v) is 12.7. The van der Waals surface area contributed by atoms with Crippen LogP contribution in [-0.4, -0.2) is 63.7 Å². The standard InChI is InChI=1S/C14H22N2O5/c1-13(2,3)21-12(20)16-6-4-5-14(16)7-10(17)15(9-14)8-11(18)19/h4-9H2,1-3H3,(H,18,19). The van der Waals surface area contributed by atoms with Gasteiger partial charge in [-0.05, 0) is 33.6 Å². The summed E-state index contributed by atoms with van der Waals surface area (Å²) in [5.41, 5.74) is -1.20. The van der Waals surface area contributed by atoms with E-state index < -0.39 is 23.2 Å². The van der Waals surface area contributed by atoms with Crippen LogP contribution in [0, 0.1) is 0 Å². The van der Waals surface area contributed by atoms with Crippen LogP contribution < -0.4 is 0 Å². The minimum absolute atomic E-state index is 0.180. The van der Waals surface area contributed by atoms with Gasteiger partial charge in [0.15, 0.2) is 0 Å². The third-order valence-corrected chi connectivity index (χ3v) is 3.85. The van der Waals surface area contributed by atoms with Crippen LogP contribution in [0.2, 0.25) is 0 Å². The molecule has 7 heteroatoms. The molecule has 2 aliphatic rings. The van der Waals surface area contributed by atoms with Crippen molar-refractivity contribution in [2.75, 3.05) is 19.6 Å². The Balaban J connectivity index is 2.13. The van der Waals surface area contributed by atoms with E-state index in [1.54, 1.807) is 25.7 Å². The van der Waals surface area contributed by atoms with Gasteiger partial charge in [0.1, 0.15) is 12.1 Å². The molecule has 2 heterocycles. The Kier molecular flexibility index (Phi) is 3.86. The Morgan fingerprint density at radius 1 is 1.38 bits per heavy atom. The van der Waals surface area contributed by atoms with Crippen molar-refractivity contribution in [3.63, 3.8) is 0 Å². The van der Waals surface area contributed by atoms with Gasteiger partial charge >= 0.3 is 12.1 Å². The Morgan fingerprint density at radius 2 is 2.05 bits per heavy atom. The first-order valence-corrected chi connectivity index (χ1v) is 7.13. The van der Waals surface area contributed by atoms with Gasteiger partial charge in [0, 0.05) is 13.1 Å². The molecule has 2 saturated heterocycles. The molecule has 2 rings (SSSR count). The number of carbonyl (C=O) groups is 3. The molecule has 2 amide bonds. The molecule has 0 aromatic rings. The maximum absolute atomic E-state index is 12.3. The van der Waals surface area contributed by atoms with Gasteiger partial charge in [0.2, 0.25) is 5.91 Å². The molecule has 7 nitrogen and oxygen atoms in total. The monoisotopic (exact) mass is 298 g/mol. The lowest BCUT2D eigenvalue weighted by Crippen LogP contribution is -2.51. The van der Waals surface area contributed by atoms with E-state index in [1.807, 2.05) is 0 Å². The maximum Gasteiger partial charge on any atom is 0.410 e. The number of likely N-dealkylation sites (tertiary alicyclic amines) is 2. The second kappa shape index (κ2) is 5.20. The fourth-order valence-corrected chi connectivity index (χ4v) is 3.09. The number of hydrogen-bond donors (Lipinski definition) is 1. The van der Waals surface area contributed by atoms with Crippen molar-refractivity contribution in [1.82, 2.24) is 9.80 Å². The van der Waals surface area contributed by atoms with Gasteiger partial charge in [-0.2, -0.15) is 0 Å². The van der Waals surface area contributed by atoms with Crippen molar-refractivity contribution >= 4 is 18.0 Å². The first kappa shape index (κ1) is 15.6. The summed E-state index contributed by atoms with van der Waals surface area (Å²) in [5.74, 6) is -1.25. The highest BCUT2D eigenvalue weighted by molar-refractivity contribution is 5.85. The molecule has 0 aliphatic carbocycles. The number of carboxylic acids is 1. The number of rotatable bonds is 2. The van der Waals surface area contributed by atoms with Gasteiger partial charge < -0.3 is 19.6 Å². The van der Waals surface area contributed by atoms with E-state index in [0.717, 1.165) is 6.42 Å². The van der Waals surface area contributed by atoms with E-state index in [0.29, 0.717) is 13.0 Å². The van der Waals surface area contributed by atoms with E-state index >= 15 is 0 Å². The third kappa shape index (κ3) is 3.28. The highest BCUT2D eigenvalue weighted by Gasteiger charge is 2.52. The number of carbonyl (C=O) groups excluding carboxylic acids is 2. The van der Waals surface area contributed by atoms with Crippen LogP contribution >= 0.6 is 0 Å². The SMILES string of the molecule is CC(C)(C)OC(=O)N1CCCC12CC(=O)N(CC(=O)O)C2. The van der Waals surface area contributed by atoms with Gasteiger partial charge in [-0.25, -0.2) is 4.79 Å². The van der Waals surface area contributed by atoms with Crippen molar-refractivity contribution in [3.05, 3.63) is 0 Å². The summed E-state index contributed by atoms with van der Waals surface area (Å²) in [7, 11) is 0. The minimum atomic E-state index is -1.04. The van der Waals surface area contributed by atoms with Gasteiger partial charge in [0.25, 0.3) is 0 Å². The molecule has 2 fully saturated rings. The van der Waals surface area contributed by atoms with Crippen LogP contribution in [0.1, 0.15) is 40.0 Å². The fourth-order valence-electron chi connectivity index (χ4n) is 3.09. The predicted molar refractivity (Wildman–Crippen MR) is 73.7 cm³/mol. The lowest BCUT2D eigenvalue weighted by molar-refractivity contribution is -0.142. The summed E-state index contributed by atoms with van der Waals surface area (Å²) in [4.78, 5) is 38.1. The number of nitrogens with zero attached hydrogens (tertiary/aromatic N) is 2. The lowest BCUT2D eigenvalue weighted by atomic mass is 9.95. The van der Waals surface area contributed by atoms with E-state index in [-0.39, 0.29) is 25.4 Å². The molecule has 0 bridgehead atoms. The Hall–Kier alpha value is -1.79. The van der Waals surface area contributed by atoms with Crippen molar-refractivity contribution in [3.8, 4) is 0 Å². The number of hydrogen-bond acceptors (Lipinski definition) is 4. The van der Waals surface area contributed by atoms with E-state index in [4.69, 9.17) is 9.84 Å². The average Bonchev–Trinajstić information content (AvgIpc) is 2.81. The molecular formula is C14H22N2O5. The molecule has 1 spiro atoms. The predicted octanol–water partition coefficient (Wildman–Crippen LogP) is 1.07. The Bertz CT molecular complexity index is 470. The molecule has 1 N–H and O–H groups in total. The number of amides is 2. The molecule has 1 unspecified atom stereocenters. The molecule has 118 valence electrons. The van der Waals surface area contributed by atoms with Crippen molar-refractivity contribution in [2.24, 2.45) is 0 Å². The number of ether oxygens (including phenoxy) is 1. The molecule has 1 atom stereocenters. The van der Waals surface area contributed by atoms with Crippen molar-refractivity contribution < 1.29 is 24.2 Å². The molecule has 0 aromatic heterocycles. The summed E-state index contributed by atoms with van der Waals surface area (Å²) in [6, 6.07) is 0. The van der Waals surface area contributed by atoms with Crippen LogP contribution in [0.15, 0.2) is 0 Å². The van der Waals surface area contributed by atoms with Gasteiger partial charge in [0.05, 0.1) is 12.0 Å². The zero-order chi connectivity index (χ0) is 15.8. The van der Waals surface area contributed by atoms with Crippen LogP contribution in [0.4, 0.5) is 4.79 Å². The zero-order valence-electron chi connectivity index (χ0n) is 12.7. The van der Waals surface area contributed by atoms with Gasteiger partial charge in [-0.3, -0.25) is 9.59 Å². The molecule has 0 radical (unpaired) electrons. The number of aliphatic carboxylic acids is 1. The molecule has 0 saturated carbocycles. The molecule has 2 aliphatic heterocycles.